The van der Waals surface area contributed by atoms with E-state index in [0.29, 0.717) is 5.02 Å². The fraction of sp³-hybridized carbons (Fsp3) is 0. The van der Waals surface area contributed by atoms with E-state index in [1.807, 2.05) is 48.5 Å². The number of hydrogen-bond acceptors (Lipinski definition) is 2. The first-order chi connectivity index (χ1) is 9.24. The fourth-order valence-corrected chi connectivity index (χ4v) is 2.28. The van der Waals surface area contributed by atoms with E-state index in [2.05, 4.69) is 26.0 Å². The van der Waals surface area contributed by atoms with Crippen LogP contribution in [0.1, 0.15) is 0 Å². The van der Waals surface area contributed by atoms with Gasteiger partial charge in [0.05, 0.1) is 5.69 Å². The number of rotatable bonds is 2. The van der Waals surface area contributed by atoms with Gasteiger partial charge in [-0.15, -0.1) is 0 Å². The molecule has 0 atom stereocenters. The van der Waals surface area contributed by atoms with Crippen LogP contribution in [-0.2, 0) is 0 Å². The zero-order chi connectivity index (χ0) is 13.2. The second-order valence-electron chi connectivity index (χ2n) is 3.98. The maximum atomic E-state index is 6.01. The number of halogens is 2. The molecule has 0 radical (unpaired) electrons. The zero-order valence-electron chi connectivity index (χ0n) is 9.79. The first-order valence-electron chi connectivity index (χ1n) is 5.66. The SMILES string of the molecule is Clc1cccc(-n2ncnc2-c2ccc(Br)cc2)c1. The Morgan fingerprint density at radius 1 is 1.05 bits per heavy atom. The van der Waals surface area contributed by atoms with Crippen LogP contribution in [0.15, 0.2) is 59.3 Å². The van der Waals surface area contributed by atoms with E-state index < -0.39 is 0 Å². The number of benzene rings is 2. The summed E-state index contributed by atoms with van der Waals surface area (Å²) in [6.07, 6.45) is 1.54. The van der Waals surface area contributed by atoms with Gasteiger partial charge in [-0.3, -0.25) is 0 Å². The van der Waals surface area contributed by atoms with Gasteiger partial charge in [-0.05, 0) is 30.3 Å². The minimum atomic E-state index is 0.676. The van der Waals surface area contributed by atoms with Crippen molar-refractivity contribution in [3.8, 4) is 17.1 Å². The van der Waals surface area contributed by atoms with Gasteiger partial charge in [0.1, 0.15) is 6.33 Å². The molecular weight excluding hydrogens is 326 g/mol. The molecule has 1 aromatic heterocycles. The topological polar surface area (TPSA) is 30.7 Å². The fourth-order valence-electron chi connectivity index (χ4n) is 1.83. The molecule has 0 amide bonds. The lowest BCUT2D eigenvalue weighted by molar-refractivity contribution is 0.887. The van der Waals surface area contributed by atoms with Crippen LogP contribution in [0.3, 0.4) is 0 Å². The Balaban J connectivity index is 2.10. The maximum absolute atomic E-state index is 6.01. The lowest BCUT2D eigenvalue weighted by Gasteiger charge is -2.06. The monoisotopic (exact) mass is 333 g/mol. The van der Waals surface area contributed by atoms with Gasteiger partial charge in [0, 0.05) is 15.1 Å². The van der Waals surface area contributed by atoms with E-state index in [-0.39, 0.29) is 0 Å². The Morgan fingerprint density at radius 2 is 1.84 bits per heavy atom. The summed E-state index contributed by atoms with van der Waals surface area (Å²) in [7, 11) is 0. The van der Waals surface area contributed by atoms with Gasteiger partial charge >= 0.3 is 0 Å². The molecule has 1 heterocycles. The predicted octanol–water partition coefficient (Wildman–Crippen LogP) is 4.35. The van der Waals surface area contributed by atoms with Crippen molar-refractivity contribution in [3.05, 3.63) is 64.4 Å². The van der Waals surface area contributed by atoms with Crippen molar-refractivity contribution in [2.45, 2.75) is 0 Å². The average molecular weight is 335 g/mol. The normalized spacial score (nSPS) is 10.6. The van der Waals surface area contributed by atoms with Gasteiger partial charge in [0.2, 0.25) is 0 Å². The van der Waals surface area contributed by atoms with Crippen molar-refractivity contribution in [1.29, 1.82) is 0 Å². The molecule has 94 valence electrons. The molecule has 0 fully saturated rings. The third-order valence-corrected chi connectivity index (χ3v) is 3.47. The first-order valence-corrected chi connectivity index (χ1v) is 6.83. The largest absolute Gasteiger partial charge is 0.215 e. The third-order valence-electron chi connectivity index (χ3n) is 2.70. The smallest absolute Gasteiger partial charge is 0.163 e. The van der Waals surface area contributed by atoms with E-state index in [0.717, 1.165) is 21.5 Å². The Morgan fingerprint density at radius 3 is 2.58 bits per heavy atom. The molecule has 0 bridgehead atoms. The van der Waals surface area contributed by atoms with Gasteiger partial charge in [0.25, 0.3) is 0 Å². The Kier molecular flexibility index (Phi) is 3.36. The van der Waals surface area contributed by atoms with E-state index in [1.54, 1.807) is 4.68 Å². The molecule has 0 aliphatic heterocycles. The molecule has 2 aromatic carbocycles. The van der Waals surface area contributed by atoms with Crippen molar-refractivity contribution in [3.63, 3.8) is 0 Å². The molecule has 3 nitrogen and oxygen atoms in total. The molecule has 0 saturated heterocycles. The Bertz CT molecular complexity index is 707. The molecule has 3 aromatic rings. The maximum Gasteiger partial charge on any atom is 0.163 e. The summed E-state index contributed by atoms with van der Waals surface area (Å²) in [4.78, 5) is 4.32. The number of aromatic nitrogens is 3. The molecule has 0 N–H and O–H groups in total. The molecule has 0 aliphatic carbocycles. The summed E-state index contributed by atoms with van der Waals surface area (Å²) in [6, 6.07) is 15.5. The second-order valence-corrected chi connectivity index (χ2v) is 5.33. The third kappa shape index (κ3) is 2.55. The molecule has 0 saturated carbocycles. The predicted molar refractivity (Wildman–Crippen MR) is 79.5 cm³/mol. The van der Waals surface area contributed by atoms with Crippen molar-refractivity contribution in [2.75, 3.05) is 0 Å². The highest BCUT2D eigenvalue weighted by atomic mass is 79.9. The summed E-state index contributed by atoms with van der Waals surface area (Å²) >= 11 is 9.43. The highest BCUT2D eigenvalue weighted by molar-refractivity contribution is 9.10. The average Bonchev–Trinajstić information content (AvgIpc) is 2.89. The van der Waals surface area contributed by atoms with Crippen molar-refractivity contribution < 1.29 is 0 Å². The van der Waals surface area contributed by atoms with Crippen LogP contribution < -0.4 is 0 Å². The Labute approximate surface area is 124 Å². The summed E-state index contributed by atoms with van der Waals surface area (Å²) in [5, 5.41) is 4.94. The highest BCUT2D eigenvalue weighted by Gasteiger charge is 2.09. The van der Waals surface area contributed by atoms with Crippen LogP contribution in [0.25, 0.3) is 17.1 Å². The summed E-state index contributed by atoms with van der Waals surface area (Å²) in [6.45, 7) is 0. The minimum absolute atomic E-state index is 0.676. The van der Waals surface area contributed by atoms with Gasteiger partial charge < -0.3 is 0 Å². The second kappa shape index (κ2) is 5.15. The molecule has 0 aliphatic rings. The van der Waals surface area contributed by atoms with Crippen LogP contribution in [0.5, 0.6) is 0 Å². The van der Waals surface area contributed by atoms with Crippen LogP contribution in [0, 0.1) is 0 Å². The van der Waals surface area contributed by atoms with Crippen LogP contribution in [0.4, 0.5) is 0 Å². The molecule has 3 rings (SSSR count). The van der Waals surface area contributed by atoms with Crippen molar-refractivity contribution in [2.24, 2.45) is 0 Å². The van der Waals surface area contributed by atoms with Crippen molar-refractivity contribution >= 4 is 27.5 Å². The molecule has 0 spiro atoms. The van der Waals surface area contributed by atoms with E-state index in [4.69, 9.17) is 11.6 Å². The van der Waals surface area contributed by atoms with Gasteiger partial charge in [-0.1, -0.05) is 45.7 Å². The first kappa shape index (κ1) is 12.4. The Hall–Kier alpha value is -1.65. The quantitative estimate of drug-likeness (QED) is 0.697. The van der Waals surface area contributed by atoms with E-state index >= 15 is 0 Å². The summed E-state index contributed by atoms with van der Waals surface area (Å²) in [5.74, 6) is 0.787. The minimum Gasteiger partial charge on any atom is -0.215 e. The van der Waals surface area contributed by atoms with Crippen LogP contribution in [-0.4, -0.2) is 14.8 Å². The lowest BCUT2D eigenvalue weighted by atomic mass is 10.2. The number of hydrogen-bond donors (Lipinski definition) is 0. The van der Waals surface area contributed by atoms with E-state index in [1.165, 1.54) is 6.33 Å². The highest BCUT2D eigenvalue weighted by Crippen LogP contribution is 2.23. The summed E-state index contributed by atoms with van der Waals surface area (Å²) < 4.78 is 2.81. The van der Waals surface area contributed by atoms with Gasteiger partial charge in [-0.25, -0.2) is 9.67 Å². The van der Waals surface area contributed by atoms with Gasteiger partial charge in [0.15, 0.2) is 5.82 Å². The lowest BCUT2D eigenvalue weighted by Crippen LogP contribution is -1.99. The van der Waals surface area contributed by atoms with Crippen LogP contribution in [0.2, 0.25) is 5.02 Å². The summed E-state index contributed by atoms with van der Waals surface area (Å²) in [5.41, 5.74) is 1.89. The number of nitrogens with zero attached hydrogens (tertiary/aromatic N) is 3. The van der Waals surface area contributed by atoms with E-state index in [9.17, 15) is 0 Å². The molecular formula is C14H9BrClN3. The van der Waals surface area contributed by atoms with Gasteiger partial charge in [-0.2, -0.15) is 5.10 Å². The standard InChI is InChI=1S/C14H9BrClN3/c15-11-6-4-10(5-7-11)14-17-9-18-19(14)13-3-1-2-12(16)8-13/h1-9H. The molecule has 19 heavy (non-hydrogen) atoms. The van der Waals surface area contributed by atoms with Crippen molar-refractivity contribution in [1.82, 2.24) is 14.8 Å². The van der Waals surface area contributed by atoms with Crippen LogP contribution >= 0.6 is 27.5 Å². The molecule has 0 unspecified atom stereocenters. The zero-order valence-corrected chi connectivity index (χ0v) is 12.1. The molecule has 5 heteroatoms.